The Morgan fingerprint density at radius 3 is 1.97 bits per heavy atom. The third-order valence-electron chi connectivity index (χ3n) is 4.36. The molecule has 32 heavy (non-hydrogen) atoms. The van der Waals surface area contributed by atoms with Crippen LogP contribution in [0.25, 0.3) is 0 Å². The van der Waals surface area contributed by atoms with Gasteiger partial charge in [-0.1, -0.05) is 0 Å². The predicted octanol–water partition coefficient (Wildman–Crippen LogP) is -1.86. The van der Waals surface area contributed by atoms with E-state index in [1.165, 1.54) is 11.8 Å². The zero-order valence-electron chi connectivity index (χ0n) is 17.9. The van der Waals surface area contributed by atoms with Crippen LogP contribution in [0, 0.1) is 0 Å². The number of nitrogens with one attached hydrogen (secondary N) is 3. The number of unbranched alkanes of at least 4 members (excludes halogenated alkanes) is 1. The van der Waals surface area contributed by atoms with Gasteiger partial charge in [0, 0.05) is 5.75 Å². The summed E-state index contributed by atoms with van der Waals surface area (Å²) < 4.78 is 0. The third kappa shape index (κ3) is 12.1. The number of carboxylic acids is 2. The topological polar surface area (TPSA) is 214 Å². The van der Waals surface area contributed by atoms with Gasteiger partial charge in [0.2, 0.25) is 17.7 Å². The van der Waals surface area contributed by atoms with Gasteiger partial charge in [0.15, 0.2) is 0 Å². The van der Waals surface area contributed by atoms with E-state index in [9.17, 15) is 24.0 Å². The summed E-state index contributed by atoms with van der Waals surface area (Å²) in [6, 6.07) is -4.71. The molecule has 4 atom stereocenters. The van der Waals surface area contributed by atoms with Gasteiger partial charge in [-0.3, -0.25) is 19.2 Å². The zero-order valence-corrected chi connectivity index (χ0v) is 19.6. The molecule has 0 aromatic heterocycles. The van der Waals surface area contributed by atoms with E-state index in [0.29, 0.717) is 31.6 Å². The normalized spacial score (nSPS) is 14.5. The molecule has 0 aliphatic rings. The highest BCUT2D eigenvalue weighted by Gasteiger charge is 2.30. The molecule has 9 N–H and O–H groups in total. The quantitative estimate of drug-likeness (QED) is 0.0831. The number of rotatable bonds is 17. The number of thiol groups is 1. The molecule has 0 aliphatic heterocycles. The number of carbonyl (C=O) groups is 5. The lowest BCUT2D eigenvalue weighted by atomic mass is 10.1. The average Bonchev–Trinajstić information content (AvgIpc) is 2.73. The first-order valence-corrected chi connectivity index (χ1v) is 12.0. The highest BCUT2D eigenvalue weighted by atomic mass is 32.2. The Bertz CT molecular complexity index is 653. The number of carboxylic acid groups (broad SMARTS) is 2. The number of nitrogens with two attached hydrogens (primary N) is 2. The lowest BCUT2D eigenvalue weighted by Crippen LogP contribution is -2.57. The Morgan fingerprint density at radius 2 is 1.47 bits per heavy atom. The SMILES string of the molecule is CSCCC(N)C(=O)NC(CCCCN)C(=O)NC(CS)C(=O)NC(CC(=O)O)C(=O)O. The molecular weight excluding hydrogens is 462 g/mol. The van der Waals surface area contributed by atoms with Crippen molar-refractivity contribution < 1.29 is 34.2 Å². The highest BCUT2D eigenvalue weighted by molar-refractivity contribution is 7.98. The smallest absolute Gasteiger partial charge is 0.326 e. The van der Waals surface area contributed by atoms with Crippen LogP contribution in [0.15, 0.2) is 0 Å². The van der Waals surface area contributed by atoms with E-state index >= 15 is 0 Å². The summed E-state index contributed by atoms with van der Waals surface area (Å²) in [6.45, 7) is 0.400. The Balaban J connectivity index is 5.21. The highest BCUT2D eigenvalue weighted by Crippen LogP contribution is 2.05. The Labute approximate surface area is 196 Å². The Hall–Kier alpha value is -2.03. The van der Waals surface area contributed by atoms with Gasteiger partial charge in [0.25, 0.3) is 0 Å². The van der Waals surface area contributed by atoms with Gasteiger partial charge in [0.05, 0.1) is 12.5 Å². The van der Waals surface area contributed by atoms with Crippen LogP contribution in [0.3, 0.4) is 0 Å². The molecule has 0 saturated carbocycles. The number of hydrogen-bond donors (Lipinski definition) is 8. The van der Waals surface area contributed by atoms with Crippen molar-refractivity contribution in [3.63, 3.8) is 0 Å². The molecule has 0 radical (unpaired) electrons. The molecule has 0 spiro atoms. The predicted molar refractivity (Wildman–Crippen MR) is 123 cm³/mol. The third-order valence-corrected chi connectivity index (χ3v) is 5.37. The van der Waals surface area contributed by atoms with Gasteiger partial charge < -0.3 is 37.6 Å². The number of amides is 3. The fraction of sp³-hybridized carbons (Fsp3) is 0.722. The average molecular weight is 496 g/mol. The van der Waals surface area contributed by atoms with Crippen molar-refractivity contribution in [3.05, 3.63) is 0 Å². The maximum Gasteiger partial charge on any atom is 0.326 e. The summed E-state index contributed by atoms with van der Waals surface area (Å²) in [4.78, 5) is 59.4. The summed E-state index contributed by atoms with van der Waals surface area (Å²) >= 11 is 5.53. The molecule has 14 heteroatoms. The fourth-order valence-electron chi connectivity index (χ4n) is 2.53. The Morgan fingerprint density at radius 1 is 0.906 bits per heavy atom. The van der Waals surface area contributed by atoms with Gasteiger partial charge in [-0.05, 0) is 44.2 Å². The first-order chi connectivity index (χ1) is 15.1. The monoisotopic (exact) mass is 495 g/mol. The van der Waals surface area contributed by atoms with E-state index in [1.807, 2.05) is 6.26 Å². The van der Waals surface area contributed by atoms with Crippen molar-refractivity contribution in [2.24, 2.45) is 11.5 Å². The molecule has 0 aromatic carbocycles. The Kier molecular flexibility index (Phi) is 15.5. The second-order valence-electron chi connectivity index (χ2n) is 6.97. The standard InChI is InChI=1S/C18H33N5O7S2/c1-32-7-5-10(20)15(26)21-11(4-2-3-6-19)16(27)23-13(9-31)17(28)22-12(18(29)30)8-14(24)25/h10-13,31H,2-9,19-20H2,1H3,(H,21,26)(H,22,28)(H,23,27)(H,24,25)(H,29,30). The lowest BCUT2D eigenvalue weighted by Gasteiger charge is -2.24. The van der Waals surface area contributed by atoms with Gasteiger partial charge in [-0.15, -0.1) is 0 Å². The fourth-order valence-corrected chi connectivity index (χ4v) is 3.28. The first-order valence-electron chi connectivity index (χ1n) is 9.98. The number of hydrogen-bond acceptors (Lipinski definition) is 9. The van der Waals surface area contributed by atoms with Crippen LogP contribution in [0.4, 0.5) is 0 Å². The second-order valence-corrected chi connectivity index (χ2v) is 8.33. The van der Waals surface area contributed by atoms with Crippen LogP contribution in [0.1, 0.15) is 32.1 Å². The molecule has 184 valence electrons. The van der Waals surface area contributed by atoms with Gasteiger partial charge in [0.1, 0.15) is 18.1 Å². The molecule has 0 aliphatic carbocycles. The van der Waals surface area contributed by atoms with Crippen LogP contribution < -0.4 is 27.4 Å². The van der Waals surface area contributed by atoms with E-state index in [0.717, 1.165) is 0 Å². The summed E-state index contributed by atoms with van der Waals surface area (Å²) in [5.74, 6) is -4.56. The largest absolute Gasteiger partial charge is 0.481 e. The van der Waals surface area contributed by atoms with Gasteiger partial charge >= 0.3 is 11.9 Å². The molecule has 0 fully saturated rings. The van der Waals surface area contributed by atoms with Crippen LogP contribution in [-0.4, -0.2) is 88.3 Å². The van der Waals surface area contributed by atoms with Crippen molar-refractivity contribution in [2.75, 3.05) is 24.3 Å². The zero-order chi connectivity index (χ0) is 24.7. The molecule has 0 heterocycles. The van der Waals surface area contributed by atoms with Gasteiger partial charge in [-0.25, -0.2) is 4.79 Å². The van der Waals surface area contributed by atoms with Crippen molar-refractivity contribution >= 4 is 54.1 Å². The maximum absolute atomic E-state index is 12.8. The first kappa shape index (κ1) is 30.0. The van der Waals surface area contributed by atoms with Crippen LogP contribution in [-0.2, 0) is 24.0 Å². The summed E-state index contributed by atoms with van der Waals surface area (Å²) in [5.41, 5.74) is 11.3. The van der Waals surface area contributed by atoms with Crippen LogP contribution in [0.5, 0.6) is 0 Å². The van der Waals surface area contributed by atoms with E-state index in [-0.39, 0.29) is 12.2 Å². The summed E-state index contributed by atoms with van der Waals surface area (Å²) in [7, 11) is 0. The molecule has 0 bridgehead atoms. The van der Waals surface area contributed by atoms with Crippen molar-refractivity contribution in [1.29, 1.82) is 0 Å². The molecule has 0 aromatic rings. The van der Waals surface area contributed by atoms with E-state index in [4.69, 9.17) is 21.7 Å². The summed E-state index contributed by atoms with van der Waals surface area (Å²) in [6.07, 6.45) is 2.87. The van der Waals surface area contributed by atoms with Crippen molar-refractivity contribution in [2.45, 2.75) is 56.3 Å². The van der Waals surface area contributed by atoms with E-state index < -0.39 is 60.2 Å². The van der Waals surface area contributed by atoms with E-state index in [2.05, 4.69) is 28.6 Å². The second kappa shape index (κ2) is 16.6. The van der Waals surface area contributed by atoms with Crippen LogP contribution in [0.2, 0.25) is 0 Å². The molecule has 3 amide bonds. The number of carbonyl (C=O) groups excluding carboxylic acids is 3. The molecule has 12 nitrogen and oxygen atoms in total. The molecule has 0 saturated heterocycles. The maximum atomic E-state index is 12.8. The van der Waals surface area contributed by atoms with Gasteiger partial charge in [-0.2, -0.15) is 24.4 Å². The van der Waals surface area contributed by atoms with Crippen molar-refractivity contribution in [1.82, 2.24) is 16.0 Å². The van der Waals surface area contributed by atoms with E-state index in [1.54, 1.807) is 0 Å². The number of aliphatic carboxylic acids is 2. The minimum Gasteiger partial charge on any atom is -0.481 e. The minimum absolute atomic E-state index is 0.187. The molecule has 0 rings (SSSR count). The lowest BCUT2D eigenvalue weighted by molar-refractivity contribution is -0.147. The summed E-state index contributed by atoms with van der Waals surface area (Å²) in [5, 5.41) is 24.9. The minimum atomic E-state index is -1.67. The van der Waals surface area contributed by atoms with Crippen molar-refractivity contribution in [3.8, 4) is 0 Å². The van der Waals surface area contributed by atoms with Crippen LogP contribution >= 0.6 is 24.4 Å². The molecule has 4 unspecified atom stereocenters. The number of thioether (sulfide) groups is 1. The molecular formula is C18H33N5O7S2.